The molecule has 0 spiro atoms. The number of alkyl halides is 3. The highest BCUT2D eigenvalue weighted by Crippen LogP contribution is 2.39. The van der Waals surface area contributed by atoms with Gasteiger partial charge in [-0.05, 0) is 72.9 Å². The van der Waals surface area contributed by atoms with Gasteiger partial charge in [-0.25, -0.2) is 4.39 Å². The van der Waals surface area contributed by atoms with Crippen LogP contribution < -0.4 is 0 Å². The Morgan fingerprint density at radius 2 is 1.59 bits per heavy atom. The fraction of sp³-hybridized carbons (Fsp3) is 0.304. The summed E-state index contributed by atoms with van der Waals surface area (Å²) in [5, 5.41) is 0.0541. The fourth-order valence-electron chi connectivity index (χ4n) is 3.78. The van der Waals surface area contributed by atoms with Crippen molar-refractivity contribution in [1.29, 1.82) is 0 Å². The summed E-state index contributed by atoms with van der Waals surface area (Å²) < 4.78 is 52.1. The number of benzene rings is 2. The Bertz CT molecular complexity index is 900. The normalized spacial score (nSPS) is 20.2. The Morgan fingerprint density at radius 1 is 0.966 bits per heavy atom. The molecule has 0 unspecified atom stereocenters. The molecule has 0 saturated heterocycles. The zero-order chi connectivity index (χ0) is 21.2. The first-order chi connectivity index (χ1) is 13.7. The molecule has 0 bridgehead atoms. The molecule has 2 aromatic carbocycles. The van der Waals surface area contributed by atoms with E-state index in [9.17, 15) is 17.6 Å². The molecule has 0 radical (unpaired) electrons. The standard InChI is InChI=1S/C23H20Cl2F4/c1-2-14-3-5-15(6-4-14)16-7-8-18(22(26)13-16)17-11-20(24)19(21(25)12-17)9-10-23(27,28)29/h2,7-15H,1,3-6H2/b10-9+. The molecule has 154 valence electrons. The van der Waals surface area contributed by atoms with Crippen LogP contribution in [0, 0.1) is 11.7 Å². The van der Waals surface area contributed by atoms with Gasteiger partial charge in [0.05, 0.1) is 0 Å². The predicted molar refractivity (Wildman–Crippen MR) is 112 cm³/mol. The minimum atomic E-state index is -4.47. The van der Waals surface area contributed by atoms with Crippen molar-refractivity contribution in [3.05, 3.63) is 76.1 Å². The van der Waals surface area contributed by atoms with Gasteiger partial charge in [0, 0.05) is 27.2 Å². The summed E-state index contributed by atoms with van der Waals surface area (Å²) in [6.45, 7) is 3.84. The average Bonchev–Trinajstić information content (AvgIpc) is 2.66. The molecule has 1 aliphatic carbocycles. The van der Waals surface area contributed by atoms with E-state index >= 15 is 0 Å². The van der Waals surface area contributed by atoms with E-state index in [1.165, 1.54) is 18.2 Å². The molecule has 0 N–H and O–H groups in total. The quantitative estimate of drug-likeness (QED) is 0.327. The molecular formula is C23H20Cl2F4. The van der Waals surface area contributed by atoms with Gasteiger partial charge in [-0.1, -0.05) is 41.4 Å². The Kier molecular flexibility index (Phi) is 6.75. The topological polar surface area (TPSA) is 0 Å². The van der Waals surface area contributed by atoms with Gasteiger partial charge in [-0.3, -0.25) is 0 Å². The van der Waals surface area contributed by atoms with E-state index in [1.807, 2.05) is 12.1 Å². The maximum Gasteiger partial charge on any atom is 0.409 e. The monoisotopic (exact) mass is 442 g/mol. The predicted octanol–water partition coefficient (Wildman–Crippen LogP) is 8.83. The highest BCUT2D eigenvalue weighted by Gasteiger charge is 2.23. The van der Waals surface area contributed by atoms with E-state index in [-0.39, 0.29) is 21.7 Å². The summed E-state index contributed by atoms with van der Waals surface area (Å²) in [6, 6.07) is 7.97. The molecule has 1 saturated carbocycles. The van der Waals surface area contributed by atoms with Gasteiger partial charge < -0.3 is 0 Å². The Morgan fingerprint density at radius 3 is 2.10 bits per heavy atom. The van der Waals surface area contributed by atoms with Crippen LogP contribution in [0.2, 0.25) is 10.0 Å². The van der Waals surface area contributed by atoms with Crippen molar-refractivity contribution in [2.45, 2.75) is 37.8 Å². The van der Waals surface area contributed by atoms with Crippen molar-refractivity contribution >= 4 is 29.3 Å². The van der Waals surface area contributed by atoms with Gasteiger partial charge in [0.1, 0.15) is 5.82 Å². The second-order valence-corrected chi connectivity index (χ2v) is 8.13. The van der Waals surface area contributed by atoms with E-state index in [4.69, 9.17) is 23.2 Å². The molecule has 0 heterocycles. The molecular weight excluding hydrogens is 423 g/mol. The molecule has 6 heteroatoms. The smallest absolute Gasteiger partial charge is 0.206 e. The van der Waals surface area contributed by atoms with E-state index in [0.717, 1.165) is 37.3 Å². The molecule has 1 fully saturated rings. The Balaban J connectivity index is 1.86. The summed E-state index contributed by atoms with van der Waals surface area (Å²) in [6.07, 6.45) is 2.48. The molecule has 0 amide bonds. The summed E-state index contributed by atoms with van der Waals surface area (Å²) in [4.78, 5) is 0. The van der Waals surface area contributed by atoms with Gasteiger partial charge >= 0.3 is 6.18 Å². The van der Waals surface area contributed by atoms with Crippen molar-refractivity contribution in [3.8, 4) is 11.1 Å². The van der Waals surface area contributed by atoms with Gasteiger partial charge in [0.25, 0.3) is 0 Å². The van der Waals surface area contributed by atoms with E-state index in [2.05, 4.69) is 6.58 Å². The molecule has 3 rings (SSSR count). The van der Waals surface area contributed by atoms with Crippen molar-refractivity contribution in [1.82, 2.24) is 0 Å². The number of hydrogen-bond acceptors (Lipinski definition) is 0. The molecule has 0 atom stereocenters. The summed E-state index contributed by atoms with van der Waals surface area (Å²) in [5.74, 6) is 0.445. The minimum absolute atomic E-state index is 0.0271. The van der Waals surface area contributed by atoms with Gasteiger partial charge in [0.15, 0.2) is 0 Å². The molecule has 1 aliphatic rings. The van der Waals surface area contributed by atoms with Crippen LogP contribution in [0.15, 0.2) is 49.1 Å². The number of rotatable bonds is 4. The van der Waals surface area contributed by atoms with E-state index in [1.54, 1.807) is 6.07 Å². The van der Waals surface area contributed by atoms with Crippen LogP contribution in [0.3, 0.4) is 0 Å². The van der Waals surface area contributed by atoms with Crippen LogP contribution in [0.4, 0.5) is 17.6 Å². The minimum Gasteiger partial charge on any atom is -0.206 e. The first-order valence-corrected chi connectivity index (χ1v) is 10.1. The van der Waals surface area contributed by atoms with E-state index < -0.39 is 12.0 Å². The highest BCUT2D eigenvalue weighted by atomic mass is 35.5. The lowest BCUT2D eigenvalue weighted by atomic mass is 9.78. The average molecular weight is 443 g/mol. The Labute approximate surface area is 177 Å². The van der Waals surface area contributed by atoms with Crippen molar-refractivity contribution in [2.75, 3.05) is 0 Å². The largest absolute Gasteiger partial charge is 0.409 e. The number of halogens is 6. The molecule has 29 heavy (non-hydrogen) atoms. The van der Waals surface area contributed by atoms with Gasteiger partial charge in [-0.2, -0.15) is 13.2 Å². The first-order valence-electron chi connectivity index (χ1n) is 9.35. The first kappa shape index (κ1) is 21.9. The van der Waals surface area contributed by atoms with Gasteiger partial charge in [-0.15, -0.1) is 6.58 Å². The number of allylic oxidation sites excluding steroid dienone is 2. The van der Waals surface area contributed by atoms with Crippen molar-refractivity contribution < 1.29 is 17.6 Å². The third kappa shape index (κ3) is 5.43. The molecule has 0 aliphatic heterocycles. The molecule has 2 aromatic rings. The van der Waals surface area contributed by atoms with Crippen LogP contribution in [0.1, 0.15) is 42.7 Å². The number of hydrogen-bond donors (Lipinski definition) is 0. The second-order valence-electron chi connectivity index (χ2n) is 7.32. The maximum atomic E-state index is 14.8. The van der Waals surface area contributed by atoms with Crippen LogP contribution in [-0.4, -0.2) is 6.18 Å². The fourth-order valence-corrected chi connectivity index (χ4v) is 4.40. The zero-order valence-electron chi connectivity index (χ0n) is 15.6. The zero-order valence-corrected chi connectivity index (χ0v) is 17.1. The van der Waals surface area contributed by atoms with Crippen molar-refractivity contribution in [3.63, 3.8) is 0 Å². The lowest BCUT2D eigenvalue weighted by Gasteiger charge is -2.27. The lowest BCUT2D eigenvalue weighted by Crippen LogP contribution is -2.11. The van der Waals surface area contributed by atoms with Crippen LogP contribution in [0.25, 0.3) is 17.2 Å². The second kappa shape index (κ2) is 8.93. The van der Waals surface area contributed by atoms with Crippen LogP contribution in [0.5, 0.6) is 0 Å². The third-order valence-corrected chi connectivity index (χ3v) is 6.02. The van der Waals surface area contributed by atoms with Crippen LogP contribution >= 0.6 is 23.2 Å². The summed E-state index contributed by atoms with van der Waals surface area (Å²) in [7, 11) is 0. The highest BCUT2D eigenvalue weighted by molar-refractivity contribution is 6.37. The summed E-state index contributed by atoms with van der Waals surface area (Å²) >= 11 is 12.2. The van der Waals surface area contributed by atoms with E-state index in [0.29, 0.717) is 23.0 Å². The lowest BCUT2D eigenvalue weighted by molar-refractivity contribution is -0.0790. The van der Waals surface area contributed by atoms with Crippen LogP contribution in [-0.2, 0) is 0 Å². The Hall–Kier alpha value is -1.78. The summed E-state index contributed by atoms with van der Waals surface area (Å²) in [5.41, 5.74) is 1.73. The SMILES string of the molecule is C=CC1CCC(c2ccc(-c3cc(Cl)c(/C=C/C(F)(F)F)c(Cl)c3)c(F)c2)CC1. The third-order valence-electron chi connectivity index (χ3n) is 5.40. The van der Waals surface area contributed by atoms with Crippen molar-refractivity contribution in [2.24, 2.45) is 5.92 Å². The molecule has 0 nitrogen and oxygen atoms in total. The maximum absolute atomic E-state index is 14.8. The molecule has 0 aromatic heterocycles. The van der Waals surface area contributed by atoms with Gasteiger partial charge in [0.2, 0.25) is 0 Å².